The minimum atomic E-state index is -6.00. The number of halogens is 12. The van der Waals surface area contributed by atoms with Crippen LogP contribution < -0.4 is 0 Å². The van der Waals surface area contributed by atoms with E-state index in [1.165, 1.54) is 38.5 Å². The van der Waals surface area contributed by atoms with Crippen molar-refractivity contribution in [2.24, 2.45) is 0 Å². The molecule has 0 radical (unpaired) electrons. The van der Waals surface area contributed by atoms with E-state index in [1.807, 2.05) is 0 Å². The Hall–Kier alpha value is 0.991. The molecule has 0 aromatic carbocycles. The van der Waals surface area contributed by atoms with Crippen molar-refractivity contribution in [3.8, 4) is 0 Å². The molecule has 1 saturated carbocycles. The molecule has 134 valence electrons. The van der Waals surface area contributed by atoms with Crippen molar-refractivity contribution in [1.82, 2.24) is 0 Å². The third kappa shape index (κ3) is 172. The standard InChI is InChI=1S/C6H12.3BF4.K.H/c1-2-4-6-5-3-1;3*2-1(3,4)5;;/h1-6H2;;;;;/q;3*-1;;. The molecule has 0 amide bonds. The van der Waals surface area contributed by atoms with E-state index >= 15 is 0 Å². The van der Waals surface area contributed by atoms with Crippen molar-refractivity contribution in [2.75, 3.05) is 0 Å². The molecule has 0 atom stereocenters. The Bertz CT molecular complexity index is 164. The first kappa shape index (κ1) is 30.8. The van der Waals surface area contributed by atoms with Crippen molar-refractivity contribution < 1.29 is 51.8 Å². The molecule has 0 spiro atoms. The van der Waals surface area contributed by atoms with Crippen molar-refractivity contribution in [3.63, 3.8) is 0 Å². The zero-order chi connectivity index (χ0) is 17.7. The van der Waals surface area contributed by atoms with E-state index in [1.54, 1.807) is 0 Å². The predicted molar refractivity (Wildman–Crippen MR) is 65.4 cm³/mol. The van der Waals surface area contributed by atoms with Gasteiger partial charge in [0.2, 0.25) is 0 Å². The Morgan fingerprint density at radius 1 is 0.318 bits per heavy atom. The Labute approximate surface area is 162 Å². The summed E-state index contributed by atoms with van der Waals surface area (Å²) < 4.78 is 117. The van der Waals surface area contributed by atoms with Crippen LogP contribution >= 0.6 is 0 Å². The Morgan fingerprint density at radius 2 is 0.364 bits per heavy atom. The van der Waals surface area contributed by atoms with Gasteiger partial charge >= 0.3 is 73.1 Å². The van der Waals surface area contributed by atoms with Gasteiger partial charge in [-0.2, -0.15) is 0 Å². The van der Waals surface area contributed by atoms with Gasteiger partial charge in [0.15, 0.2) is 0 Å². The second kappa shape index (κ2) is 15.5. The van der Waals surface area contributed by atoms with Gasteiger partial charge in [0, 0.05) is 0 Å². The third-order valence-corrected chi connectivity index (χ3v) is 1.50. The van der Waals surface area contributed by atoms with Gasteiger partial charge in [0.1, 0.15) is 0 Å². The van der Waals surface area contributed by atoms with E-state index in [9.17, 15) is 51.8 Å². The molecule has 1 aliphatic carbocycles. The minimum absolute atomic E-state index is 0. The summed E-state index contributed by atoms with van der Waals surface area (Å²) in [7, 11) is -18.0. The SMILES string of the molecule is C1CCCCC1.F[B-](F)(F)F.F[B-](F)(F)F.F[B-](F)(F)F.[KH]. The molecule has 0 unspecified atom stereocenters. The molecule has 0 aliphatic heterocycles. The summed E-state index contributed by atoms with van der Waals surface area (Å²) in [5.41, 5.74) is 0. The Morgan fingerprint density at radius 3 is 0.409 bits per heavy atom. The number of hydrogen-bond acceptors (Lipinski definition) is 0. The van der Waals surface area contributed by atoms with Crippen LogP contribution in [0.2, 0.25) is 0 Å². The molecule has 0 heterocycles. The van der Waals surface area contributed by atoms with Crippen LogP contribution in [0.1, 0.15) is 38.5 Å². The molecular formula is C6H13B3F12K-3. The topological polar surface area (TPSA) is 0 Å². The fraction of sp³-hybridized carbons (Fsp3) is 1.00. The van der Waals surface area contributed by atoms with Gasteiger partial charge in [-0.15, -0.1) is 0 Å². The molecule has 1 rings (SSSR count). The molecule has 1 fully saturated rings. The van der Waals surface area contributed by atoms with Crippen LogP contribution in [-0.2, 0) is 0 Å². The number of rotatable bonds is 0. The first-order chi connectivity index (χ1) is 9.00. The monoisotopic (exact) mass is 385 g/mol. The molecule has 0 nitrogen and oxygen atoms in total. The summed E-state index contributed by atoms with van der Waals surface area (Å²) in [5.74, 6) is 0. The fourth-order valence-electron chi connectivity index (χ4n) is 1.06. The fourth-order valence-corrected chi connectivity index (χ4v) is 1.06. The average Bonchev–Trinajstić information content (AvgIpc) is 2.12. The van der Waals surface area contributed by atoms with Crippen LogP contribution in [0.25, 0.3) is 0 Å². The van der Waals surface area contributed by atoms with E-state index in [0.29, 0.717) is 0 Å². The molecule has 0 bridgehead atoms. The summed E-state index contributed by atoms with van der Waals surface area (Å²) >= 11 is 0. The van der Waals surface area contributed by atoms with Crippen molar-refractivity contribution in [3.05, 3.63) is 0 Å². The quantitative estimate of drug-likeness (QED) is 0.377. The second-order valence-corrected chi connectivity index (χ2v) is 3.61. The van der Waals surface area contributed by atoms with Gasteiger partial charge in [-0.05, 0) is 0 Å². The molecule has 16 heteroatoms. The zero-order valence-electron chi connectivity index (χ0n) is 10.5. The average molecular weight is 385 g/mol. The van der Waals surface area contributed by atoms with Gasteiger partial charge in [-0.25, -0.2) is 0 Å². The van der Waals surface area contributed by atoms with E-state index < -0.39 is 21.8 Å². The van der Waals surface area contributed by atoms with E-state index in [0.717, 1.165) is 0 Å². The third-order valence-electron chi connectivity index (χ3n) is 1.50. The summed E-state index contributed by atoms with van der Waals surface area (Å²) in [6.45, 7) is 0. The van der Waals surface area contributed by atoms with E-state index in [4.69, 9.17) is 0 Å². The first-order valence-electron chi connectivity index (χ1n) is 5.62. The van der Waals surface area contributed by atoms with Crippen LogP contribution in [0.3, 0.4) is 0 Å². The molecule has 0 aromatic rings. The van der Waals surface area contributed by atoms with Crippen LogP contribution in [0, 0.1) is 0 Å². The Balaban J connectivity index is -0.0000000973. The Kier molecular flexibility index (Phi) is 21.7. The van der Waals surface area contributed by atoms with Crippen LogP contribution in [0.15, 0.2) is 0 Å². The molecule has 0 aromatic heterocycles. The predicted octanol–water partition coefficient (Wildman–Crippen LogP) is 5.59. The van der Waals surface area contributed by atoms with Crippen LogP contribution in [0.4, 0.5) is 51.8 Å². The zero-order valence-corrected chi connectivity index (χ0v) is 10.5. The van der Waals surface area contributed by atoms with Gasteiger partial charge < -0.3 is 51.8 Å². The summed E-state index contributed by atoms with van der Waals surface area (Å²) in [5, 5.41) is 0. The second-order valence-electron chi connectivity index (χ2n) is 3.61. The van der Waals surface area contributed by atoms with Crippen molar-refractivity contribution in [2.45, 2.75) is 38.5 Å². The first-order valence-corrected chi connectivity index (χ1v) is 5.62. The number of hydrogen-bond donors (Lipinski definition) is 0. The molecule has 0 saturated heterocycles. The van der Waals surface area contributed by atoms with Gasteiger partial charge in [0.05, 0.1) is 0 Å². The maximum atomic E-state index is 9.75. The molecule has 1 aliphatic rings. The maximum absolute atomic E-state index is 9.75. The van der Waals surface area contributed by atoms with E-state index in [-0.39, 0.29) is 51.4 Å². The van der Waals surface area contributed by atoms with Crippen molar-refractivity contribution >= 4 is 73.1 Å². The van der Waals surface area contributed by atoms with Crippen molar-refractivity contribution in [1.29, 1.82) is 0 Å². The normalized spacial score (nSPS) is 14.7. The van der Waals surface area contributed by atoms with Gasteiger partial charge in [-0.1, -0.05) is 38.5 Å². The summed E-state index contributed by atoms with van der Waals surface area (Å²) in [6.07, 6.45) is 9.00. The summed E-state index contributed by atoms with van der Waals surface area (Å²) in [6, 6.07) is 0. The summed E-state index contributed by atoms with van der Waals surface area (Å²) in [4.78, 5) is 0. The molecule has 0 N–H and O–H groups in total. The molecular weight excluding hydrogens is 372 g/mol. The van der Waals surface area contributed by atoms with Crippen LogP contribution in [0.5, 0.6) is 0 Å². The van der Waals surface area contributed by atoms with Gasteiger partial charge in [0.25, 0.3) is 0 Å². The van der Waals surface area contributed by atoms with Gasteiger partial charge in [-0.3, -0.25) is 0 Å². The molecule has 22 heavy (non-hydrogen) atoms. The van der Waals surface area contributed by atoms with E-state index in [2.05, 4.69) is 0 Å². The van der Waals surface area contributed by atoms with Crippen LogP contribution in [-0.4, -0.2) is 73.1 Å².